The summed E-state index contributed by atoms with van der Waals surface area (Å²) in [6, 6.07) is -0.574. The lowest BCUT2D eigenvalue weighted by atomic mass is 10.2. The van der Waals surface area contributed by atoms with Crippen molar-refractivity contribution in [3.05, 3.63) is 29.3 Å². The van der Waals surface area contributed by atoms with Crippen molar-refractivity contribution >= 4 is 29.1 Å². The van der Waals surface area contributed by atoms with Gasteiger partial charge in [-0.05, 0) is 13.8 Å². The zero-order valence-electron chi connectivity index (χ0n) is 13.4. The van der Waals surface area contributed by atoms with E-state index in [0.29, 0.717) is 22.9 Å². The highest BCUT2D eigenvalue weighted by atomic mass is 35.5. The lowest BCUT2D eigenvalue weighted by Gasteiger charge is -2.15. The maximum atomic E-state index is 12.4. The van der Waals surface area contributed by atoms with Crippen LogP contribution in [0.5, 0.6) is 0 Å². The average molecular weight is 339 g/mol. The molecule has 0 saturated carbocycles. The molecule has 124 valence electrons. The number of aromatic nitrogens is 4. The van der Waals surface area contributed by atoms with Gasteiger partial charge in [0.15, 0.2) is 0 Å². The van der Waals surface area contributed by atoms with E-state index in [9.17, 15) is 9.59 Å². The van der Waals surface area contributed by atoms with E-state index in [0.717, 1.165) is 0 Å². The van der Waals surface area contributed by atoms with Crippen LogP contribution in [0.3, 0.4) is 0 Å². The summed E-state index contributed by atoms with van der Waals surface area (Å²) in [5, 5.41) is 11.3. The number of hydrogen-bond donors (Lipinski definition) is 1. The van der Waals surface area contributed by atoms with Crippen LogP contribution in [0.15, 0.2) is 18.6 Å². The molecule has 1 atom stereocenters. The fourth-order valence-corrected chi connectivity index (χ4v) is 2.18. The van der Waals surface area contributed by atoms with E-state index in [-0.39, 0.29) is 11.8 Å². The van der Waals surface area contributed by atoms with Gasteiger partial charge in [0.1, 0.15) is 11.7 Å². The Morgan fingerprint density at radius 3 is 2.57 bits per heavy atom. The molecule has 0 aliphatic rings. The molecule has 1 unspecified atom stereocenters. The van der Waals surface area contributed by atoms with Crippen molar-refractivity contribution in [2.24, 2.45) is 0 Å². The minimum atomic E-state index is -0.574. The van der Waals surface area contributed by atoms with Gasteiger partial charge in [0.05, 0.1) is 23.1 Å². The fourth-order valence-electron chi connectivity index (χ4n) is 2.04. The van der Waals surface area contributed by atoms with Crippen LogP contribution >= 0.6 is 11.6 Å². The van der Waals surface area contributed by atoms with E-state index in [1.165, 1.54) is 22.0 Å². The lowest BCUT2D eigenvalue weighted by Crippen LogP contribution is -2.28. The minimum Gasteiger partial charge on any atom is -0.343 e. The third-order valence-electron chi connectivity index (χ3n) is 3.35. The van der Waals surface area contributed by atoms with Crippen LogP contribution in [0.1, 0.15) is 30.4 Å². The van der Waals surface area contributed by atoms with Crippen LogP contribution in [0, 0.1) is 0 Å². The van der Waals surface area contributed by atoms with Gasteiger partial charge in [0, 0.05) is 26.8 Å². The Morgan fingerprint density at radius 2 is 2.04 bits per heavy atom. The van der Waals surface area contributed by atoms with Gasteiger partial charge >= 0.3 is 0 Å². The molecule has 8 nitrogen and oxygen atoms in total. The number of rotatable bonds is 5. The van der Waals surface area contributed by atoms with Gasteiger partial charge in [-0.15, -0.1) is 0 Å². The molecule has 23 heavy (non-hydrogen) atoms. The van der Waals surface area contributed by atoms with E-state index in [1.807, 2.05) is 6.92 Å². The molecule has 1 N–H and O–H groups in total. The standard InChI is InChI=1S/C14H19ClN6O2/c1-5-20-12(14(23)19(3)4)11(7-17-20)18-13(22)9(2)21-8-10(15)6-16-21/h6-9H,5H2,1-4H3,(H,18,22). The molecule has 9 heteroatoms. The molecular weight excluding hydrogens is 320 g/mol. The van der Waals surface area contributed by atoms with Crippen LogP contribution in [-0.4, -0.2) is 50.4 Å². The summed E-state index contributed by atoms with van der Waals surface area (Å²) in [5.74, 6) is -0.539. The SMILES string of the molecule is CCn1ncc(NC(=O)C(C)n2cc(Cl)cn2)c1C(=O)N(C)C. The van der Waals surface area contributed by atoms with Crippen LogP contribution in [0.25, 0.3) is 0 Å². The Labute approximate surface area is 139 Å². The maximum Gasteiger partial charge on any atom is 0.273 e. The van der Waals surface area contributed by atoms with E-state index >= 15 is 0 Å². The molecule has 0 saturated heterocycles. The van der Waals surface area contributed by atoms with Crippen molar-refractivity contribution in [3.63, 3.8) is 0 Å². The Morgan fingerprint density at radius 1 is 1.35 bits per heavy atom. The number of nitrogens with one attached hydrogen (secondary N) is 1. The number of aryl methyl sites for hydroxylation is 1. The summed E-state index contributed by atoms with van der Waals surface area (Å²) in [4.78, 5) is 26.1. The highest BCUT2D eigenvalue weighted by molar-refractivity contribution is 6.30. The Hall–Kier alpha value is -2.35. The van der Waals surface area contributed by atoms with Crippen LogP contribution in [0.4, 0.5) is 5.69 Å². The van der Waals surface area contributed by atoms with Crippen molar-refractivity contribution in [2.45, 2.75) is 26.4 Å². The van der Waals surface area contributed by atoms with E-state index in [4.69, 9.17) is 11.6 Å². The Bertz CT molecular complexity index is 721. The third kappa shape index (κ3) is 3.53. The molecule has 0 fully saturated rings. The number of anilines is 1. The second kappa shape index (κ2) is 6.82. The van der Waals surface area contributed by atoms with Gasteiger partial charge in [-0.1, -0.05) is 11.6 Å². The first-order valence-corrected chi connectivity index (χ1v) is 7.51. The first kappa shape index (κ1) is 17.0. The molecule has 2 aromatic rings. The van der Waals surface area contributed by atoms with Crippen molar-refractivity contribution in [2.75, 3.05) is 19.4 Å². The minimum absolute atomic E-state index is 0.227. The van der Waals surface area contributed by atoms with Gasteiger partial charge < -0.3 is 10.2 Å². The highest BCUT2D eigenvalue weighted by Gasteiger charge is 2.23. The van der Waals surface area contributed by atoms with Crippen LogP contribution < -0.4 is 5.32 Å². The van der Waals surface area contributed by atoms with Crippen molar-refractivity contribution in [1.29, 1.82) is 0 Å². The largest absolute Gasteiger partial charge is 0.343 e. The summed E-state index contributed by atoms with van der Waals surface area (Å²) in [5.41, 5.74) is 0.720. The quantitative estimate of drug-likeness (QED) is 0.898. The zero-order valence-corrected chi connectivity index (χ0v) is 14.2. The van der Waals surface area contributed by atoms with E-state index in [2.05, 4.69) is 15.5 Å². The first-order chi connectivity index (χ1) is 10.8. The highest BCUT2D eigenvalue weighted by Crippen LogP contribution is 2.19. The molecule has 0 spiro atoms. The number of nitrogens with zero attached hydrogens (tertiary/aromatic N) is 5. The zero-order chi connectivity index (χ0) is 17.1. The number of amides is 2. The lowest BCUT2D eigenvalue weighted by molar-refractivity contribution is -0.119. The summed E-state index contributed by atoms with van der Waals surface area (Å²) in [7, 11) is 3.30. The second-order valence-corrected chi connectivity index (χ2v) is 5.66. The molecule has 0 bridgehead atoms. The number of hydrogen-bond acceptors (Lipinski definition) is 4. The summed E-state index contributed by atoms with van der Waals surface area (Å²) >= 11 is 5.81. The van der Waals surface area contributed by atoms with Crippen molar-refractivity contribution in [1.82, 2.24) is 24.5 Å². The van der Waals surface area contributed by atoms with Gasteiger partial charge in [0.2, 0.25) is 5.91 Å². The molecule has 2 aromatic heterocycles. The van der Waals surface area contributed by atoms with Gasteiger partial charge in [-0.25, -0.2) is 0 Å². The predicted molar refractivity (Wildman–Crippen MR) is 86.5 cm³/mol. The number of carbonyl (C=O) groups excluding carboxylic acids is 2. The Kier molecular flexibility index (Phi) is 5.05. The van der Waals surface area contributed by atoms with Crippen molar-refractivity contribution < 1.29 is 9.59 Å². The van der Waals surface area contributed by atoms with Gasteiger partial charge in [-0.2, -0.15) is 10.2 Å². The molecule has 2 heterocycles. The number of halogens is 1. The topological polar surface area (TPSA) is 85.0 Å². The second-order valence-electron chi connectivity index (χ2n) is 5.23. The smallest absolute Gasteiger partial charge is 0.273 e. The maximum absolute atomic E-state index is 12.4. The first-order valence-electron chi connectivity index (χ1n) is 7.13. The predicted octanol–water partition coefficient (Wildman–Crippen LogP) is 1.65. The molecule has 0 aromatic carbocycles. The molecule has 0 aliphatic heterocycles. The monoisotopic (exact) mass is 338 g/mol. The molecule has 2 rings (SSSR count). The van der Waals surface area contributed by atoms with Crippen LogP contribution in [0.2, 0.25) is 5.02 Å². The fraction of sp³-hybridized carbons (Fsp3) is 0.429. The van der Waals surface area contributed by atoms with Gasteiger partial charge in [-0.3, -0.25) is 19.0 Å². The third-order valence-corrected chi connectivity index (χ3v) is 3.55. The van der Waals surface area contributed by atoms with E-state index < -0.39 is 6.04 Å². The van der Waals surface area contributed by atoms with Gasteiger partial charge in [0.25, 0.3) is 5.91 Å². The summed E-state index contributed by atoms with van der Waals surface area (Å²) in [6.45, 7) is 4.09. The average Bonchev–Trinajstić information content (AvgIpc) is 3.11. The van der Waals surface area contributed by atoms with Crippen LogP contribution in [-0.2, 0) is 11.3 Å². The van der Waals surface area contributed by atoms with Crippen molar-refractivity contribution in [3.8, 4) is 0 Å². The summed E-state index contributed by atoms with van der Waals surface area (Å²) < 4.78 is 3.00. The van der Waals surface area contributed by atoms with E-state index in [1.54, 1.807) is 31.9 Å². The molecule has 2 amide bonds. The molecular formula is C14H19ClN6O2. The number of carbonyl (C=O) groups is 2. The summed E-state index contributed by atoms with van der Waals surface area (Å²) in [6.07, 6.45) is 4.50. The normalized spacial score (nSPS) is 12.0. The Balaban J connectivity index is 2.24. The molecule has 0 aliphatic carbocycles. The molecule has 0 radical (unpaired) electrons.